The minimum atomic E-state index is -0.817. The van der Waals surface area contributed by atoms with Crippen LogP contribution in [0, 0.1) is 17.0 Å². The Morgan fingerprint density at radius 2 is 2.08 bits per heavy atom. The zero-order valence-electron chi connectivity index (χ0n) is 15.3. The van der Waals surface area contributed by atoms with E-state index in [2.05, 4.69) is 10.6 Å². The predicted molar refractivity (Wildman–Crippen MR) is 104 cm³/mol. The lowest BCUT2D eigenvalue weighted by atomic mass is 9.95. The Balaban J connectivity index is 1.83. The van der Waals surface area contributed by atoms with Crippen molar-refractivity contribution >= 4 is 28.1 Å². The summed E-state index contributed by atoms with van der Waals surface area (Å²) in [5.41, 5.74) is 1.25. The standard InChI is InChI=1S/C18H27N3O4S/c1-3-26(25)17-7-5-4-6-16(17)19-11-10-18(22)20-15-9-8-14(21(23)24)12-13(15)2/h8-9,12,16-17,19H,3-7,10-11H2,1-2H3,(H,20,22)/t16-,17-,26+/m1/s1. The van der Waals surface area contributed by atoms with Gasteiger partial charge in [-0.2, -0.15) is 0 Å². The molecule has 8 heteroatoms. The number of hydrogen-bond donors (Lipinski definition) is 2. The summed E-state index contributed by atoms with van der Waals surface area (Å²) >= 11 is 0. The number of nitro benzene ring substituents is 1. The molecule has 144 valence electrons. The van der Waals surface area contributed by atoms with Crippen LogP contribution in [0.25, 0.3) is 0 Å². The van der Waals surface area contributed by atoms with E-state index in [1.54, 1.807) is 13.0 Å². The summed E-state index contributed by atoms with van der Waals surface area (Å²) in [5, 5.41) is 17.1. The van der Waals surface area contributed by atoms with Crippen LogP contribution in [0.1, 0.15) is 44.6 Å². The molecular formula is C18H27N3O4S. The molecule has 1 aromatic rings. The van der Waals surface area contributed by atoms with Crippen LogP contribution in [-0.2, 0) is 15.6 Å². The molecule has 0 spiro atoms. The van der Waals surface area contributed by atoms with Crippen LogP contribution in [0.2, 0.25) is 0 Å². The topological polar surface area (TPSA) is 101 Å². The molecule has 0 aliphatic heterocycles. The van der Waals surface area contributed by atoms with Crippen molar-refractivity contribution in [3.63, 3.8) is 0 Å². The van der Waals surface area contributed by atoms with Crippen molar-refractivity contribution in [3.8, 4) is 0 Å². The first-order valence-corrected chi connectivity index (χ1v) is 10.5. The van der Waals surface area contributed by atoms with Gasteiger partial charge in [0, 0.05) is 53.4 Å². The molecule has 0 aromatic heterocycles. The van der Waals surface area contributed by atoms with Crippen LogP contribution >= 0.6 is 0 Å². The van der Waals surface area contributed by atoms with Crippen LogP contribution in [0.4, 0.5) is 11.4 Å². The maximum atomic E-state index is 12.2. The monoisotopic (exact) mass is 381 g/mol. The van der Waals surface area contributed by atoms with Crippen molar-refractivity contribution in [3.05, 3.63) is 33.9 Å². The lowest BCUT2D eigenvalue weighted by molar-refractivity contribution is -0.384. The number of anilines is 1. The van der Waals surface area contributed by atoms with Crippen molar-refractivity contribution in [2.75, 3.05) is 17.6 Å². The highest BCUT2D eigenvalue weighted by atomic mass is 32.2. The van der Waals surface area contributed by atoms with E-state index in [9.17, 15) is 19.1 Å². The SMILES string of the molecule is CC[S@](=O)[C@@H]1CCCC[C@H]1NCCC(=O)Nc1ccc([N+](=O)[O-])cc1C. The van der Waals surface area contributed by atoms with Crippen molar-refractivity contribution < 1.29 is 13.9 Å². The third-order valence-corrected chi connectivity index (χ3v) is 6.59. The van der Waals surface area contributed by atoms with Gasteiger partial charge in [0.15, 0.2) is 0 Å². The number of amides is 1. The lowest BCUT2D eigenvalue weighted by Gasteiger charge is -2.31. The lowest BCUT2D eigenvalue weighted by Crippen LogP contribution is -2.45. The fourth-order valence-electron chi connectivity index (χ4n) is 3.34. The zero-order chi connectivity index (χ0) is 19.1. The molecule has 1 saturated carbocycles. The molecule has 0 heterocycles. The number of hydrogen-bond acceptors (Lipinski definition) is 5. The Kier molecular flexibility index (Phi) is 7.71. The van der Waals surface area contributed by atoms with Crippen LogP contribution < -0.4 is 10.6 Å². The van der Waals surface area contributed by atoms with Gasteiger partial charge < -0.3 is 10.6 Å². The summed E-state index contributed by atoms with van der Waals surface area (Å²) in [6.07, 6.45) is 4.53. The average Bonchev–Trinajstić information content (AvgIpc) is 2.63. The van der Waals surface area contributed by atoms with Gasteiger partial charge in [-0.25, -0.2) is 0 Å². The third-order valence-electron chi connectivity index (χ3n) is 4.78. The summed E-state index contributed by atoms with van der Waals surface area (Å²) in [5.74, 6) is 0.529. The molecule has 7 nitrogen and oxygen atoms in total. The Morgan fingerprint density at radius 3 is 2.73 bits per heavy atom. The van der Waals surface area contributed by atoms with Gasteiger partial charge in [0.05, 0.1) is 10.2 Å². The summed E-state index contributed by atoms with van der Waals surface area (Å²) < 4.78 is 12.2. The number of non-ortho nitro benzene ring substituents is 1. The highest BCUT2D eigenvalue weighted by Gasteiger charge is 2.28. The van der Waals surface area contributed by atoms with E-state index in [4.69, 9.17) is 0 Å². The third kappa shape index (κ3) is 5.60. The molecule has 0 unspecified atom stereocenters. The van der Waals surface area contributed by atoms with Crippen molar-refractivity contribution in [2.24, 2.45) is 0 Å². The molecule has 0 bridgehead atoms. The maximum Gasteiger partial charge on any atom is 0.269 e. The minimum Gasteiger partial charge on any atom is -0.326 e. The van der Waals surface area contributed by atoms with E-state index >= 15 is 0 Å². The molecule has 2 rings (SSSR count). The first-order valence-electron chi connectivity index (χ1n) is 9.07. The summed E-state index contributed by atoms with van der Waals surface area (Å²) in [4.78, 5) is 22.5. The number of nitro groups is 1. The van der Waals surface area contributed by atoms with Crippen molar-refractivity contribution in [2.45, 2.75) is 57.2 Å². The molecule has 1 aromatic carbocycles. The van der Waals surface area contributed by atoms with Gasteiger partial charge in [0.25, 0.3) is 5.69 Å². The van der Waals surface area contributed by atoms with E-state index in [1.165, 1.54) is 12.1 Å². The Bertz CT molecular complexity index is 680. The Morgan fingerprint density at radius 1 is 1.35 bits per heavy atom. The van der Waals surface area contributed by atoms with Crippen LogP contribution in [0.3, 0.4) is 0 Å². The number of benzene rings is 1. The number of carbonyl (C=O) groups is 1. The van der Waals surface area contributed by atoms with E-state index in [0.29, 0.717) is 30.0 Å². The summed E-state index contributed by atoms with van der Waals surface area (Å²) in [6, 6.07) is 4.59. The predicted octanol–water partition coefficient (Wildman–Crippen LogP) is 2.90. The van der Waals surface area contributed by atoms with E-state index in [0.717, 1.165) is 25.7 Å². The number of aryl methyl sites for hydroxylation is 1. The summed E-state index contributed by atoms with van der Waals surface area (Å²) in [6.45, 7) is 4.20. The van der Waals surface area contributed by atoms with Crippen molar-refractivity contribution in [1.29, 1.82) is 0 Å². The smallest absolute Gasteiger partial charge is 0.269 e. The number of carbonyl (C=O) groups excluding carboxylic acids is 1. The molecule has 3 atom stereocenters. The van der Waals surface area contributed by atoms with Gasteiger partial charge in [-0.05, 0) is 31.4 Å². The molecule has 1 aliphatic rings. The molecule has 26 heavy (non-hydrogen) atoms. The highest BCUT2D eigenvalue weighted by Crippen LogP contribution is 2.23. The van der Waals surface area contributed by atoms with E-state index in [-0.39, 0.29) is 22.9 Å². The Labute approximate surface area is 156 Å². The largest absolute Gasteiger partial charge is 0.326 e. The van der Waals surface area contributed by atoms with Crippen LogP contribution in [-0.4, -0.2) is 38.6 Å². The molecule has 1 fully saturated rings. The van der Waals surface area contributed by atoms with Gasteiger partial charge in [0.2, 0.25) is 5.91 Å². The number of rotatable bonds is 8. The van der Waals surface area contributed by atoms with Gasteiger partial charge in [0.1, 0.15) is 0 Å². The molecule has 0 radical (unpaired) electrons. The normalized spacial score (nSPS) is 21.2. The van der Waals surface area contributed by atoms with E-state index < -0.39 is 15.7 Å². The molecule has 1 amide bonds. The zero-order valence-corrected chi connectivity index (χ0v) is 16.1. The van der Waals surface area contributed by atoms with Crippen molar-refractivity contribution in [1.82, 2.24) is 5.32 Å². The minimum absolute atomic E-state index is 0.00873. The maximum absolute atomic E-state index is 12.2. The number of nitrogens with one attached hydrogen (secondary N) is 2. The van der Waals surface area contributed by atoms with Crippen LogP contribution in [0.5, 0.6) is 0 Å². The molecule has 0 saturated heterocycles. The quantitative estimate of drug-likeness (QED) is 0.532. The van der Waals surface area contributed by atoms with Gasteiger partial charge >= 0.3 is 0 Å². The van der Waals surface area contributed by atoms with Gasteiger partial charge in [-0.15, -0.1) is 0 Å². The first kappa shape index (κ1) is 20.5. The van der Waals surface area contributed by atoms with Crippen LogP contribution in [0.15, 0.2) is 18.2 Å². The van der Waals surface area contributed by atoms with E-state index in [1.807, 2.05) is 6.92 Å². The Hall–Kier alpha value is -1.80. The first-order chi connectivity index (χ1) is 12.4. The van der Waals surface area contributed by atoms with Gasteiger partial charge in [-0.3, -0.25) is 19.1 Å². The molecular weight excluding hydrogens is 354 g/mol. The molecule has 1 aliphatic carbocycles. The average molecular weight is 381 g/mol. The summed E-state index contributed by atoms with van der Waals surface area (Å²) in [7, 11) is -0.817. The second kappa shape index (κ2) is 9.78. The van der Waals surface area contributed by atoms with Gasteiger partial charge in [-0.1, -0.05) is 19.8 Å². The highest BCUT2D eigenvalue weighted by molar-refractivity contribution is 7.85. The molecule has 2 N–H and O–H groups in total. The fraction of sp³-hybridized carbons (Fsp3) is 0.611. The second-order valence-electron chi connectivity index (χ2n) is 6.61. The number of nitrogens with zero attached hydrogens (tertiary/aromatic N) is 1. The second-order valence-corrected chi connectivity index (χ2v) is 8.55. The fourth-order valence-corrected chi connectivity index (χ4v) is 4.80.